The van der Waals surface area contributed by atoms with Gasteiger partial charge in [-0.15, -0.1) is 0 Å². The largest absolute Gasteiger partial charge is 0.455 e. The molecule has 0 amide bonds. The molecule has 0 aromatic rings. The second kappa shape index (κ2) is 16.2. The molecule has 1 heterocycles. The molecule has 0 spiro atoms. The Bertz CT molecular complexity index is 784. The average Bonchev–Trinajstić information content (AvgIpc) is 2.78. The van der Waals surface area contributed by atoms with Gasteiger partial charge in [-0.1, -0.05) is 93.2 Å². The van der Waals surface area contributed by atoms with Crippen LogP contribution in [0.3, 0.4) is 0 Å². The van der Waals surface area contributed by atoms with Crippen LogP contribution in [0.25, 0.3) is 0 Å². The number of hydrogen-bond acceptors (Lipinski definition) is 5. The van der Waals surface area contributed by atoms with E-state index < -0.39 is 30.4 Å². The number of esters is 1. The van der Waals surface area contributed by atoms with E-state index in [0.717, 1.165) is 18.4 Å². The van der Waals surface area contributed by atoms with E-state index in [4.69, 9.17) is 4.74 Å². The predicted octanol–water partition coefficient (Wildman–Crippen LogP) is 4.74. The van der Waals surface area contributed by atoms with Crippen LogP contribution >= 0.6 is 0 Å². The molecule has 0 fully saturated rings. The highest BCUT2D eigenvalue weighted by molar-refractivity contribution is 5.82. The van der Waals surface area contributed by atoms with Crippen molar-refractivity contribution >= 4 is 5.97 Å². The van der Waals surface area contributed by atoms with Gasteiger partial charge in [-0.3, -0.25) is 0 Å². The Balaban J connectivity index is 3.06. The fraction of sp³-hybridized carbons (Fsp3) is 0.464. The molecule has 182 valence electrons. The van der Waals surface area contributed by atoms with Gasteiger partial charge in [0, 0.05) is 18.4 Å². The van der Waals surface area contributed by atoms with Crippen molar-refractivity contribution < 1.29 is 24.9 Å². The summed E-state index contributed by atoms with van der Waals surface area (Å²) in [5, 5.41) is 30.8. The van der Waals surface area contributed by atoms with Gasteiger partial charge < -0.3 is 20.1 Å². The van der Waals surface area contributed by atoms with E-state index in [-0.39, 0.29) is 11.8 Å². The zero-order valence-electron chi connectivity index (χ0n) is 20.2. The number of carbonyl (C=O) groups excluding carboxylic acids is 1. The van der Waals surface area contributed by atoms with Crippen LogP contribution < -0.4 is 0 Å². The SMILES string of the molecule is CC/C=C/[C@H]1C/C=C\C=C[C@H](O)[C@@H](O)[C@@H](O)[C@@H](C)/C=C\C[C@@H](C)\C=C/C=C(C)\C=C/C(=O)O1. The summed E-state index contributed by atoms with van der Waals surface area (Å²) in [6.45, 7) is 7.82. The summed E-state index contributed by atoms with van der Waals surface area (Å²) in [4.78, 5) is 12.2. The maximum Gasteiger partial charge on any atom is 0.331 e. The molecule has 0 aliphatic carbocycles. The molecule has 0 bridgehead atoms. The van der Waals surface area contributed by atoms with Gasteiger partial charge in [0.25, 0.3) is 0 Å². The van der Waals surface area contributed by atoms with Crippen LogP contribution in [0.4, 0.5) is 0 Å². The van der Waals surface area contributed by atoms with E-state index in [1.165, 1.54) is 12.2 Å². The predicted molar refractivity (Wildman–Crippen MR) is 134 cm³/mol. The molecule has 5 heteroatoms. The average molecular weight is 457 g/mol. The van der Waals surface area contributed by atoms with Crippen molar-refractivity contribution in [2.24, 2.45) is 11.8 Å². The molecular weight excluding hydrogens is 416 g/mol. The third-order valence-corrected chi connectivity index (χ3v) is 5.24. The van der Waals surface area contributed by atoms with Gasteiger partial charge in [0.05, 0.1) is 6.10 Å². The van der Waals surface area contributed by atoms with Gasteiger partial charge in [0.15, 0.2) is 0 Å². The Morgan fingerprint density at radius 1 is 0.970 bits per heavy atom. The summed E-state index contributed by atoms with van der Waals surface area (Å²) in [6, 6.07) is 0. The number of aliphatic hydroxyl groups excluding tert-OH is 3. The molecule has 0 aromatic carbocycles. The van der Waals surface area contributed by atoms with E-state index in [1.807, 2.05) is 63.3 Å². The zero-order chi connectivity index (χ0) is 24.6. The first kappa shape index (κ1) is 28.6. The molecule has 0 saturated carbocycles. The Labute approximate surface area is 198 Å². The second-order valence-electron chi connectivity index (χ2n) is 8.46. The number of hydrogen-bond donors (Lipinski definition) is 3. The van der Waals surface area contributed by atoms with Crippen molar-refractivity contribution in [3.8, 4) is 0 Å². The Kier molecular flexibility index (Phi) is 14.0. The number of carbonyl (C=O) groups is 1. The fourth-order valence-corrected chi connectivity index (χ4v) is 3.09. The molecule has 33 heavy (non-hydrogen) atoms. The number of cyclic esters (lactones) is 1. The molecule has 0 radical (unpaired) electrons. The van der Waals surface area contributed by atoms with Crippen molar-refractivity contribution in [3.05, 3.63) is 84.6 Å². The summed E-state index contributed by atoms with van der Waals surface area (Å²) in [7, 11) is 0. The van der Waals surface area contributed by atoms with Crippen molar-refractivity contribution in [1.29, 1.82) is 0 Å². The van der Waals surface area contributed by atoms with E-state index in [2.05, 4.69) is 13.0 Å². The van der Waals surface area contributed by atoms with Gasteiger partial charge in [-0.25, -0.2) is 4.79 Å². The van der Waals surface area contributed by atoms with Gasteiger partial charge in [0.2, 0.25) is 0 Å². The van der Waals surface area contributed by atoms with Crippen LogP contribution in [0.5, 0.6) is 0 Å². The molecule has 1 aliphatic rings. The first-order chi connectivity index (χ1) is 15.7. The lowest BCUT2D eigenvalue weighted by molar-refractivity contribution is -0.140. The van der Waals surface area contributed by atoms with E-state index in [9.17, 15) is 20.1 Å². The normalized spacial score (nSPS) is 36.6. The third kappa shape index (κ3) is 12.4. The number of rotatable bonds is 2. The van der Waals surface area contributed by atoms with Crippen molar-refractivity contribution in [1.82, 2.24) is 0 Å². The lowest BCUT2D eigenvalue weighted by Crippen LogP contribution is -2.39. The quantitative estimate of drug-likeness (QED) is 0.413. The smallest absolute Gasteiger partial charge is 0.331 e. The minimum Gasteiger partial charge on any atom is -0.455 e. The highest BCUT2D eigenvalue weighted by Crippen LogP contribution is 2.15. The number of allylic oxidation sites excluding steroid dienone is 9. The van der Waals surface area contributed by atoms with Crippen LogP contribution in [0.2, 0.25) is 0 Å². The van der Waals surface area contributed by atoms with Crippen molar-refractivity contribution in [3.63, 3.8) is 0 Å². The Morgan fingerprint density at radius 3 is 2.45 bits per heavy atom. The molecular formula is C28H40O5. The minimum absolute atomic E-state index is 0.276. The van der Waals surface area contributed by atoms with Crippen LogP contribution in [-0.2, 0) is 9.53 Å². The van der Waals surface area contributed by atoms with Gasteiger partial charge >= 0.3 is 5.97 Å². The third-order valence-electron chi connectivity index (χ3n) is 5.24. The van der Waals surface area contributed by atoms with E-state index in [0.29, 0.717) is 6.42 Å². The van der Waals surface area contributed by atoms with Crippen molar-refractivity contribution in [2.45, 2.75) is 71.4 Å². The highest BCUT2D eigenvalue weighted by atomic mass is 16.5. The Hall–Kier alpha value is -2.47. The monoisotopic (exact) mass is 456 g/mol. The molecule has 1 aliphatic heterocycles. The first-order valence-corrected chi connectivity index (χ1v) is 11.7. The zero-order valence-corrected chi connectivity index (χ0v) is 20.2. The van der Waals surface area contributed by atoms with Gasteiger partial charge in [0.1, 0.15) is 18.3 Å². The van der Waals surface area contributed by atoms with Crippen LogP contribution in [-0.4, -0.2) is 45.7 Å². The standard InChI is InChI=1S/C28H40O5/c1-5-6-16-24-17-8-7-9-18-25(29)28(32)27(31)23(4)15-11-14-21(2)12-10-13-22(3)19-20-26(30)33-24/h6-13,15-16,18-21,23-25,27-29,31-32H,5,14,17H2,1-4H3/b8-7-,12-10-,15-11-,16-6+,18-9?,20-19-,22-13-/t21-,23-,24-,25-,27-,28+/m0/s1. The van der Waals surface area contributed by atoms with Gasteiger partial charge in [-0.2, -0.15) is 0 Å². The molecule has 0 unspecified atom stereocenters. The maximum atomic E-state index is 12.2. The molecule has 6 atom stereocenters. The van der Waals surface area contributed by atoms with E-state index in [1.54, 1.807) is 18.2 Å². The maximum absolute atomic E-state index is 12.2. The lowest BCUT2D eigenvalue weighted by atomic mass is 9.94. The summed E-state index contributed by atoms with van der Waals surface area (Å²) < 4.78 is 5.53. The van der Waals surface area contributed by atoms with Crippen LogP contribution in [0.1, 0.15) is 47.0 Å². The van der Waals surface area contributed by atoms with Crippen LogP contribution in [0, 0.1) is 11.8 Å². The van der Waals surface area contributed by atoms with E-state index >= 15 is 0 Å². The summed E-state index contributed by atoms with van der Waals surface area (Å²) in [5.41, 5.74) is 0.933. The molecule has 5 nitrogen and oxygen atoms in total. The summed E-state index contributed by atoms with van der Waals surface area (Å²) >= 11 is 0. The second-order valence-corrected chi connectivity index (χ2v) is 8.46. The number of ether oxygens (including phenoxy) is 1. The summed E-state index contributed by atoms with van der Waals surface area (Å²) in [5.74, 6) is -0.442. The fourth-order valence-electron chi connectivity index (χ4n) is 3.09. The molecule has 0 aromatic heterocycles. The Morgan fingerprint density at radius 2 is 1.73 bits per heavy atom. The number of aliphatic hydroxyl groups is 3. The molecule has 1 rings (SSSR count). The molecule has 3 N–H and O–H groups in total. The van der Waals surface area contributed by atoms with Crippen LogP contribution in [0.15, 0.2) is 84.6 Å². The van der Waals surface area contributed by atoms with Gasteiger partial charge in [-0.05, 0) is 31.8 Å². The lowest BCUT2D eigenvalue weighted by Gasteiger charge is -2.24. The molecule has 0 saturated heterocycles. The first-order valence-electron chi connectivity index (χ1n) is 11.7. The highest BCUT2D eigenvalue weighted by Gasteiger charge is 2.26. The topological polar surface area (TPSA) is 87.0 Å². The minimum atomic E-state index is -1.30. The summed E-state index contributed by atoms with van der Waals surface area (Å²) in [6.07, 6.45) is 21.4. The van der Waals surface area contributed by atoms with Crippen molar-refractivity contribution in [2.75, 3.05) is 0 Å².